The Bertz CT molecular complexity index is 1410. The molecule has 0 radical (unpaired) electrons. The van der Waals surface area contributed by atoms with E-state index in [0.29, 0.717) is 40.8 Å². The molecule has 2 fully saturated rings. The molecular formula is C26H34ClN7O4S. The molecule has 3 aromatic heterocycles. The number of hydrogen-bond donors (Lipinski definition) is 2. The predicted octanol–water partition coefficient (Wildman–Crippen LogP) is 4.90. The number of aromatic nitrogens is 5. The molecule has 11 nitrogen and oxygen atoms in total. The first-order valence-corrected chi connectivity index (χ1v) is 14.4. The van der Waals surface area contributed by atoms with Gasteiger partial charge in [-0.05, 0) is 65.9 Å². The number of hydrogen-bond acceptors (Lipinski definition) is 9. The van der Waals surface area contributed by atoms with Crippen molar-refractivity contribution in [1.82, 2.24) is 30.0 Å². The number of ether oxygens (including phenoxy) is 2. The van der Waals surface area contributed by atoms with E-state index >= 15 is 0 Å². The van der Waals surface area contributed by atoms with Crippen LogP contribution in [0.2, 0.25) is 5.02 Å². The highest BCUT2D eigenvalue weighted by Gasteiger charge is 2.34. The van der Waals surface area contributed by atoms with Crippen LogP contribution in [-0.2, 0) is 9.47 Å². The summed E-state index contributed by atoms with van der Waals surface area (Å²) in [4.78, 5) is 39.5. The first-order chi connectivity index (χ1) is 18.5. The molecule has 2 aliphatic rings. The van der Waals surface area contributed by atoms with E-state index in [1.54, 1.807) is 18.5 Å². The Morgan fingerprint density at radius 3 is 2.77 bits per heavy atom. The van der Waals surface area contributed by atoms with E-state index < -0.39 is 11.7 Å². The second-order valence-corrected chi connectivity index (χ2v) is 12.6. The molecule has 1 amide bonds. The van der Waals surface area contributed by atoms with Crippen molar-refractivity contribution in [3.8, 4) is 0 Å². The summed E-state index contributed by atoms with van der Waals surface area (Å²) >= 11 is 7.55. The first-order valence-electron chi connectivity index (χ1n) is 13.2. The highest BCUT2D eigenvalue weighted by molar-refractivity contribution is 7.99. The number of aromatic amines is 1. The van der Waals surface area contributed by atoms with Gasteiger partial charge in [0.15, 0.2) is 16.9 Å². The molecule has 2 saturated heterocycles. The van der Waals surface area contributed by atoms with Crippen molar-refractivity contribution < 1.29 is 14.3 Å². The summed E-state index contributed by atoms with van der Waals surface area (Å²) in [6.07, 6.45) is 7.03. The first kappa shape index (κ1) is 27.7. The molecule has 0 bridgehead atoms. The molecule has 5 rings (SSSR count). The molecule has 210 valence electrons. The van der Waals surface area contributed by atoms with Gasteiger partial charge in [-0.2, -0.15) is 5.10 Å². The Balaban J connectivity index is 1.39. The number of amides is 1. The van der Waals surface area contributed by atoms with E-state index in [1.165, 1.54) is 11.8 Å². The van der Waals surface area contributed by atoms with Crippen molar-refractivity contribution in [3.05, 3.63) is 33.8 Å². The van der Waals surface area contributed by atoms with E-state index in [2.05, 4.69) is 15.2 Å². The fourth-order valence-electron chi connectivity index (χ4n) is 4.74. The van der Waals surface area contributed by atoms with Crippen LogP contribution in [0.5, 0.6) is 0 Å². The molecule has 2 aliphatic heterocycles. The SMILES string of the molecule is CC1(NC(=O)OC(C)(C)C)CCN(c2cnc3c(Sc4cc[nH]c(=O)c4Cl)nn(C4CCCCO4)c3n2)CC1. The molecule has 0 spiro atoms. The fraction of sp³-hybridized carbons (Fsp3) is 0.577. The number of anilines is 1. The van der Waals surface area contributed by atoms with E-state index in [4.69, 9.17) is 36.1 Å². The second kappa shape index (κ2) is 11.0. The molecule has 13 heteroatoms. The number of carbonyl (C=O) groups excluding carboxylic acids is 1. The zero-order valence-corrected chi connectivity index (χ0v) is 24.2. The van der Waals surface area contributed by atoms with Gasteiger partial charge in [0.25, 0.3) is 5.56 Å². The number of rotatable bonds is 5. The number of fused-ring (bicyclic) bond motifs is 1. The standard InChI is InChI=1S/C26H34ClN7O4S/c1-25(2,3)38-24(36)31-26(4)9-12-33(13-10-26)17-15-29-20-21(30-17)34(18-7-5-6-14-37-18)32-23(20)39-16-8-11-28-22(35)19(16)27/h8,11,15,18H,5-7,9-10,12-14H2,1-4H3,(H,28,35)(H,31,36). The highest BCUT2D eigenvalue weighted by Crippen LogP contribution is 2.37. The smallest absolute Gasteiger partial charge is 0.408 e. The van der Waals surface area contributed by atoms with Gasteiger partial charge in [-0.15, -0.1) is 0 Å². The normalized spacial score (nSPS) is 19.7. The van der Waals surface area contributed by atoms with Crippen molar-refractivity contribution in [3.63, 3.8) is 0 Å². The third-order valence-electron chi connectivity index (χ3n) is 6.85. The number of alkyl carbamates (subject to hydrolysis) is 1. The van der Waals surface area contributed by atoms with Gasteiger partial charge < -0.3 is 24.7 Å². The minimum atomic E-state index is -0.546. The highest BCUT2D eigenvalue weighted by atomic mass is 35.5. The van der Waals surface area contributed by atoms with Crippen LogP contribution >= 0.6 is 23.4 Å². The molecule has 0 aliphatic carbocycles. The van der Waals surface area contributed by atoms with Crippen LogP contribution in [-0.4, -0.2) is 61.7 Å². The largest absolute Gasteiger partial charge is 0.444 e. The Morgan fingerprint density at radius 1 is 1.31 bits per heavy atom. The molecular weight excluding hydrogens is 542 g/mol. The summed E-state index contributed by atoms with van der Waals surface area (Å²) in [7, 11) is 0. The van der Waals surface area contributed by atoms with Gasteiger partial charge in [-0.1, -0.05) is 23.4 Å². The maximum absolute atomic E-state index is 12.4. The fourth-order valence-corrected chi connectivity index (χ4v) is 5.87. The van der Waals surface area contributed by atoms with Crippen LogP contribution in [0.25, 0.3) is 11.2 Å². The van der Waals surface area contributed by atoms with Gasteiger partial charge in [0, 0.05) is 36.3 Å². The van der Waals surface area contributed by atoms with Gasteiger partial charge in [0.2, 0.25) is 0 Å². The Labute approximate surface area is 236 Å². The van der Waals surface area contributed by atoms with Crippen molar-refractivity contribution in [1.29, 1.82) is 0 Å². The van der Waals surface area contributed by atoms with Crippen molar-refractivity contribution in [2.75, 3.05) is 24.6 Å². The number of halogens is 1. The van der Waals surface area contributed by atoms with E-state index in [1.807, 2.05) is 32.4 Å². The maximum Gasteiger partial charge on any atom is 0.408 e. The monoisotopic (exact) mass is 575 g/mol. The number of pyridine rings is 1. The quantitative estimate of drug-likeness (QED) is 0.436. The molecule has 1 unspecified atom stereocenters. The van der Waals surface area contributed by atoms with E-state index in [9.17, 15) is 9.59 Å². The van der Waals surface area contributed by atoms with Crippen molar-refractivity contribution in [2.24, 2.45) is 0 Å². The average molecular weight is 576 g/mol. The lowest BCUT2D eigenvalue weighted by atomic mass is 9.90. The lowest BCUT2D eigenvalue weighted by Crippen LogP contribution is -2.54. The van der Waals surface area contributed by atoms with E-state index in [-0.39, 0.29) is 22.3 Å². The Morgan fingerprint density at radius 2 is 2.08 bits per heavy atom. The average Bonchev–Trinajstić information content (AvgIpc) is 3.24. The minimum absolute atomic E-state index is 0.111. The topological polar surface area (TPSA) is 127 Å². The van der Waals surface area contributed by atoms with Crippen LogP contribution in [0.1, 0.15) is 66.0 Å². The third kappa shape index (κ3) is 6.33. The number of nitrogens with zero attached hydrogens (tertiary/aromatic N) is 5. The van der Waals surface area contributed by atoms with Crippen LogP contribution in [0.15, 0.2) is 33.2 Å². The molecule has 2 N–H and O–H groups in total. The van der Waals surface area contributed by atoms with Crippen LogP contribution < -0.4 is 15.8 Å². The lowest BCUT2D eigenvalue weighted by molar-refractivity contribution is -0.0376. The number of H-pyrrole nitrogens is 1. The zero-order valence-electron chi connectivity index (χ0n) is 22.6. The Hall–Kier alpha value is -2.83. The lowest BCUT2D eigenvalue weighted by Gasteiger charge is -2.40. The minimum Gasteiger partial charge on any atom is -0.444 e. The van der Waals surface area contributed by atoms with Gasteiger partial charge >= 0.3 is 6.09 Å². The van der Waals surface area contributed by atoms with Gasteiger partial charge in [0.1, 0.15) is 22.0 Å². The van der Waals surface area contributed by atoms with E-state index in [0.717, 1.165) is 37.9 Å². The summed E-state index contributed by atoms with van der Waals surface area (Å²) in [6.45, 7) is 9.67. The van der Waals surface area contributed by atoms with Crippen LogP contribution in [0, 0.1) is 0 Å². The summed E-state index contributed by atoms with van der Waals surface area (Å²) in [6, 6.07) is 1.74. The number of piperidine rings is 1. The molecule has 39 heavy (non-hydrogen) atoms. The van der Waals surface area contributed by atoms with Gasteiger partial charge in [-0.3, -0.25) is 4.79 Å². The van der Waals surface area contributed by atoms with Gasteiger partial charge in [-0.25, -0.2) is 19.4 Å². The van der Waals surface area contributed by atoms with Crippen LogP contribution in [0.4, 0.5) is 10.6 Å². The van der Waals surface area contributed by atoms with Gasteiger partial charge in [0.05, 0.1) is 6.20 Å². The van der Waals surface area contributed by atoms with Crippen LogP contribution in [0.3, 0.4) is 0 Å². The predicted molar refractivity (Wildman–Crippen MR) is 150 cm³/mol. The molecule has 0 aromatic carbocycles. The second-order valence-electron chi connectivity index (χ2n) is 11.2. The number of nitrogens with one attached hydrogen (secondary N) is 2. The van der Waals surface area contributed by atoms with Crippen molar-refractivity contribution >= 4 is 46.4 Å². The summed E-state index contributed by atoms with van der Waals surface area (Å²) < 4.78 is 13.3. The summed E-state index contributed by atoms with van der Waals surface area (Å²) in [5, 5.41) is 8.60. The Kier molecular flexibility index (Phi) is 7.80. The molecule has 5 heterocycles. The zero-order chi connectivity index (χ0) is 27.8. The number of carbonyl (C=O) groups is 1. The summed E-state index contributed by atoms with van der Waals surface area (Å²) in [5.74, 6) is 0.740. The maximum atomic E-state index is 12.4. The van der Waals surface area contributed by atoms with Crippen molar-refractivity contribution in [2.45, 2.75) is 87.1 Å². The third-order valence-corrected chi connectivity index (χ3v) is 8.37. The molecule has 3 aromatic rings. The molecule has 0 saturated carbocycles. The molecule has 1 atom stereocenters. The summed E-state index contributed by atoms with van der Waals surface area (Å²) in [5.41, 5.74) is -0.0148.